The van der Waals surface area contributed by atoms with Gasteiger partial charge in [0.25, 0.3) is 0 Å². The number of nitrogens with two attached hydrogens (primary N) is 1. The van der Waals surface area contributed by atoms with Crippen LogP contribution < -0.4 is 11.1 Å². The fourth-order valence-electron chi connectivity index (χ4n) is 4.80. The van der Waals surface area contributed by atoms with Crippen LogP contribution in [0.25, 0.3) is 0 Å². The zero-order chi connectivity index (χ0) is 13.3. The van der Waals surface area contributed by atoms with Gasteiger partial charge in [-0.1, -0.05) is 12.2 Å². The Balaban J connectivity index is 1.60. The summed E-state index contributed by atoms with van der Waals surface area (Å²) >= 11 is 5.17. The second-order valence-corrected chi connectivity index (χ2v) is 6.89. The van der Waals surface area contributed by atoms with E-state index in [1.54, 1.807) is 0 Å². The lowest BCUT2D eigenvalue weighted by molar-refractivity contribution is 0.456. The summed E-state index contributed by atoms with van der Waals surface area (Å²) in [6.07, 6.45) is 4.35. The van der Waals surface area contributed by atoms with Gasteiger partial charge in [0.15, 0.2) is 0 Å². The molecular weight excluding hydrogens is 256 g/mol. The third-order valence-corrected chi connectivity index (χ3v) is 5.71. The van der Waals surface area contributed by atoms with Crippen molar-refractivity contribution >= 4 is 23.0 Å². The van der Waals surface area contributed by atoms with Crippen molar-refractivity contribution < 1.29 is 0 Å². The van der Waals surface area contributed by atoms with Gasteiger partial charge in [-0.3, -0.25) is 4.68 Å². The van der Waals surface area contributed by atoms with Gasteiger partial charge in [0.2, 0.25) is 0 Å². The first-order valence-corrected chi connectivity index (χ1v) is 7.58. The molecule has 0 radical (unpaired) electrons. The van der Waals surface area contributed by atoms with Crippen molar-refractivity contribution in [3.63, 3.8) is 0 Å². The fraction of sp³-hybridized carbons (Fsp3) is 0.714. The zero-order valence-corrected chi connectivity index (χ0v) is 12.2. The number of aromatic nitrogens is 2. The second kappa shape index (κ2) is 3.72. The predicted octanol–water partition coefficient (Wildman–Crippen LogP) is 1.82. The maximum atomic E-state index is 5.85. The van der Waals surface area contributed by atoms with E-state index in [9.17, 15) is 0 Å². The normalized spacial score (nSPS) is 38.3. The van der Waals surface area contributed by atoms with Crippen LogP contribution in [0.3, 0.4) is 0 Å². The van der Waals surface area contributed by atoms with Crippen molar-refractivity contribution in [1.82, 2.24) is 9.78 Å². The first-order valence-electron chi connectivity index (χ1n) is 7.18. The van der Waals surface area contributed by atoms with E-state index in [0.717, 1.165) is 40.7 Å². The molecule has 1 aromatic rings. The molecule has 4 nitrogen and oxygen atoms in total. The molecule has 102 valence electrons. The topological polar surface area (TPSA) is 55.9 Å². The van der Waals surface area contributed by atoms with Crippen LogP contribution in [-0.2, 0) is 7.05 Å². The summed E-state index contributed by atoms with van der Waals surface area (Å²) in [6.45, 7) is 1.97. The van der Waals surface area contributed by atoms with Crippen molar-refractivity contribution in [2.24, 2.45) is 36.5 Å². The molecule has 3 N–H and O–H groups in total. The SMILES string of the molecule is Cc1nn(C)c(NC2C3C4CCC(C4)C23)c1C(N)=S. The van der Waals surface area contributed by atoms with Gasteiger partial charge in [0, 0.05) is 13.1 Å². The van der Waals surface area contributed by atoms with Crippen molar-refractivity contribution in [2.75, 3.05) is 5.32 Å². The van der Waals surface area contributed by atoms with Gasteiger partial charge in [0.05, 0.1) is 11.3 Å². The monoisotopic (exact) mass is 276 g/mol. The number of nitrogens with zero attached hydrogens (tertiary/aromatic N) is 2. The Morgan fingerprint density at radius 3 is 2.58 bits per heavy atom. The molecule has 4 atom stereocenters. The summed E-state index contributed by atoms with van der Waals surface area (Å²) < 4.78 is 1.89. The number of rotatable bonds is 3. The summed E-state index contributed by atoms with van der Waals surface area (Å²) in [5.41, 5.74) is 7.69. The molecule has 0 aliphatic heterocycles. The quantitative estimate of drug-likeness (QED) is 0.827. The molecule has 3 aliphatic carbocycles. The van der Waals surface area contributed by atoms with Crippen LogP contribution in [0.4, 0.5) is 5.82 Å². The first-order chi connectivity index (χ1) is 9.08. The van der Waals surface area contributed by atoms with Gasteiger partial charge < -0.3 is 11.1 Å². The Kier molecular flexibility index (Phi) is 2.29. The Bertz CT molecular complexity index is 548. The smallest absolute Gasteiger partial charge is 0.134 e. The van der Waals surface area contributed by atoms with E-state index in [1.807, 2.05) is 18.7 Å². The van der Waals surface area contributed by atoms with Gasteiger partial charge in [0.1, 0.15) is 10.8 Å². The van der Waals surface area contributed by atoms with Crippen molar-refractivity contribution in [3.05, 3.63) is 11.3 Å². The third kappa shape index (κ3) is 1.51. The molecule has 3 saturated carbocycles. The van der Waals surface area contributed by atoms with Crippen LogP contribution in [0.1, 0.15) is 30.5 Å². The molecule has 0 aromatic carbocycles. The second-order valence-electron chi connectivity index (χ2n) is 6.45. The minimum absolute atomic E-state index is 0.446. The minimum Gasteiger partial charge on any atom is -0.389 e. The largest absolute Gasteiger partial charge is 0.389 e. The standard InChI is InChI=1S/C14H20N4S/c1-6-9(13(15)19)14(18(2)17-6)16-12-10-7-3-4-8(5-7)11(10)12/h7-8,10-12,16H,3-5H2,1-2H3,(H2,15,19). The highest BCUT2D eigenvalue weighted by Crippen LogP contribution is 2.66. The van der Waals surface area contributed by atoms with E-state index >= 15 is 0 Å². The van der Waals surface area contributed by atoms with E-state index in [4.69, 9.17) is 18.0 Å². The highest BCUT2D eigenvalue weighted by atomic mass is 32.1. The van der Waals surface area contributed by atoms with Crippen LogP contribution in [0.5, 0.6) is 0 Å². The predicted molar refractivity (Wildman–Crippen MR) is 79.1 cm³/mol. The van der Waals surface area contributed by atoms with Crippen LogP contribution in [0, 0.1) is 30.6 Å². The fourth-order valence-corrected chi connectivity index (χ4v) is 5.04. The highest BCUT2D eigenvalue weighted by molar-refractivity contribution is 7.80. The van der Waals surface area contributed by atoms with Gasteiger partial charge in [-0.05, 0) is 49.9 Å². The molecule has 5 heteroatoms. The first kappa shape index (κ1) is 11.7. The lowest BCUT2D eigenvalue weighted by atomic mass is 10.0. The lowest BCUT2D eigenvalue weighted by Crippen LogP contribution is -2.19. The Morgan fingerprint density at radius 1 is 1.37 bits per heavy atom. The molecule has 0 spiro atoms. The van der Waals surface area contributed by atoms with Crippen LogP contribution in [0.15, 0.2) is 0 Å². The number of hydrogen-bond acceptors (Lipinski definition) is 3. The third-order valence-electron chi connectivity index (χ3n) is 5.51. The number of nitrogens with one attached hydrogen (secondary N) is 1. The number of hydrogen-bond donors (Lipinski definition) is 2. The zero-order valence-electron chi connectivity index (χ0n) is 11.4. The number of thiocarbonyl (C=S) groups is 1. The number of aryl methyl sites for hydroxylation is 2. The molecule has 3 fully saturated rings. The molecular formula is C14H20N4S. The maximum absolute atomic E-state index is 5.85. The molecule has 0 saturated heterocycles. The summed E-state index contributed by atoms with van der Waals surface area (Å²) in [7, 11) is 1.96. The molecule has 19 heavy (non-hydrogen) atoms. The summed E-state index contributed by atoms with van der Waals surface area (Å²) in [4.78, 5) is 0.446. The van der Waals surface area contributed by atoms with E-state index in [-0.39, 0.29) is 0 Å². The van der Waals surface area contributed by atoms with Crippen molar-refractivity contribution in [1.29, 1.82) is 0 Å². The van der Waals surface area contributed by atoms with Gasteiger partial charge in [-0.25, -0.2) is 0 Å². The molecule has 1 heterocycles. The summed E-state index contributed by atoms with van der Waals surface area (Å²) in [6, 6.07) is 0.633. The molecule has 0 amide bonds. The Labute approximate surface area is 118 Å². The highest BCUT2D eigenvalue weighted by Gasteiger charge is 2.65. The number of anilines is 1. The van der Waals surface area contributed by atoms with Crippen LogP contribution in [0.2, 0.25) is 0 Å². The van der Waals surface area contributed by atoms with Gasteiger partial charge >= 0.3 is 0 Å². The maximum Gasteiger partial charge on any atom is 0.134 e. The van der Waals surface area contributed by atoms with Crippen molar-refractivity contribution in [2.45, 2.75) is 32.2 Å². The van der Waals surface area contributed by atoms with Gasteiger partial charge in [-0.15, -0.1) is 0 Å². The lowest BCUT2D eigenvalue weighted by Gasteiger charge is -2.13. The Morgan fingerprint density at radius 2 is 2.00 bits per heavy atom. The average molecular weight is 276 g/mol. The number of fused-ring (bicyclic) bond motifs is 5. The van der Waals surface area contributed by atoms with Crippen LogP contribution >= 0.6 is 12.2 Å². The van der Waals surface area contributed by atoms with E-state index in [0.29, 0.717) is 11.0 Å². The van der Waals surface area contributed by atoms with Gasteiger partial charge in [-0.2, -0.15) is 5.10 Å². The average Bonchev–Trinajstić information content (AvgIpc) is 2.69. The van der Waals surface area contributed by atoms with E-state index in [2.05, 4.69) is 10.4 Å². The summed E-state index contributed by atoms with van der Waals surface area (Å²) in [5, 5.41) is 8.14. The van der Waals surface area contributed by atoms with Crippen LogP contribution in [-0.4, -0.2) is 20.8 Å². The van der Waals surface area contributed by atoms with E-state index in [1.165, 1.54) is 19.3 Å². The molecule has 4 rings (SSSR count). The molecule has 4 unspecified atom stereocenters. The summed E-state index contributed by atoms with van der Waals surface area (Å²) in [5.74, 6) is 4.75. The minimum atomic E-state index is 0.446. The molecule has 3 aliphatic rings. The van der Waals surface area contributed by atoms with Crippen molar-refractivity contribution in [3.8, 4) is 0 Å². The molecule has 2 bridgehead atoms. The van der Waals surface area contributed by atoms with E-state index < -0.39 is 0 Å². The molecule has 1 aromatic heterocycles. The Hall–Kier alpha value is -1.10.